The minimum Gasteiger partial charge on any atom is -0.353 e. The molecule has 4 aromatic rings. The van der Waals surface area contributed by atoms with E-state index in [9.17, 15) is 9.59 Å². The molecule has 1 N–H and O–H groups in total. The van der Waals surface area contributed by atoms with Crippen LogP contribution in [0.25, 0.3) is 10.9 Å². The van der Waals surface area contributed by atoms with E-state index in [1.54, 1.807) is 24.5 Å². The van der Waals surface area contributed by atoms with E-state index in [4.69, 9.17) is 5.26 Å². The Bertz CT molecular complexity index is 1410. The van der Waals surface area contributed by atoms with Crippen LogP contribution in [0.2, 0.25) is 0 Å². The van der Waals surface area contributed by atoms with E-state index in [0.717, 1.165) is 16.9 Å². The van der Waals surface area contributed by atoms with Crippen LogP contribution in [0.3, 0.4) is 0 Å². The summed E-state index contributed by atoms with van der Waals surface area (Å²) in [5, 5.41) is 15.8. The molecule has 0 spiro atoms. The van der Waals surface area contributed by atoms with Crippen LogP contribution >= 0.6 is 0 Å². The Morgan fingerprint density at radius 2 is 1.94 bits per heavy atom. The Kier molecular flexibility index (Phi) is 5.32. The summed E-state index contributed by atoms with van der Waals surface area (Å²) >= 11 is 0. The van der Waals surface area contributed by atoms with Gasteiger partial charge in [0, 0.05) is 50.7 Å². The Morgan fingerprint density at radius 3 is 2.70 bits per heavy atom. The van der Waals surface area contributed by atoms with Crippen LogP contribution in [0, 0.1) is 11.3 Å². The average molecular weight is 439 g/mol. The van der Waals surface area contributed by atoms with Crippen molar-refractivity contribution >= 4 is 22.6 Å². The number of carbonyl (C=O) groups is 1. The zero-order chi connectivity index (χ0) is 22.8. The van der Waals surface area contributed by atoms with Gasteiger partial charge in [0.25, 0.3) is 11.5 Å². The van der Waals surface area contributed by atoms with Crippen molar-refractivity contribution in [3.05, 3.63) is 88.1 Å². The highest BCUT2D eigenvalue weighted by atomic mass is 16.2. The molecule has 1 aromatic carbocycles. The first kappa shape index (κ1) is 20.5. The van der Waals surface area contributed by atoms with Crippen molar-refractivity contribution in [2.75, 3.05) is 31.1 Å². The van der Waals surface area contributed by atoms with Crippen LogP contribution in [0.15, 0.2) is 65.8 Å². The molecule has 1 saturated heterocycles. The van der Waals surface area contributed by atoms with Crippen molar-refractivity contribution in [2.45, 2.75) is 6.54 Å². The number of aromatic amines is 1. The molecule has 0 radical (unpaired) electrons. The first-order valence-corrected chi connectivity index (χ1v) is 10.6. The summed E-state index contributed by atoms with van der Waals surface area (Å²) in [5.41, 5.74) is 2.68. The summed E-state index contributed by atoms with van der Waals surface area (Å²) in [6, 6.07) is 15.0. The number of fused-ring (bicyclic) bond motifs is 1. The summed E-state index contributed by atoms with van der Waals surface area (Å²) in [5.74, 6) is 0.815. The third-order valence-corrected chi connectivity index (χ3v) is 5.90. The van der Waals surface area contributed by atoms with Crippen molar-refractivity contribution in [1.29, 1.82) is 5.26 Å². The van der Waals surface area contributed by atoms with E-state index in [1.165, 1.54) is 0 Å². The Labute approximate surface area is 189 Å². The lowest BCUT2D eigenvalue weighted by Gasteiger charge is -2.35. The molecule has 4 heterocycles. The van der Waals surface area contributed by atoms with Gasteiger partial charge in [0.2, 0.25) is 0 Å². The maximum atomic E-state index is 13.1. The molecule has 0 atom stereocenters. The third-order valence-electron chi connectivity index (χ3n) is 5.90. The number of nitrogens with one attached hydrogen (secondary N) is 1. The topological polar surface area (TPSA) is 111 Å². The summed E-state index contributed by atoms with van der Waals surface area (Å²) in [4.78, 5) is 33.4. The fourth-order valence-electron chi connectivity index (χ4n) is 4.13. The molecule has 9 nitrogen and oxygen atoms in total. The van der Waals surface area contributed by atoms with Gasteiger partial charge in [-0.15, -0.1) is 0 Å². The van der Waals surface area contributed by atoms with E-state index < -0.39 is 0 Å². The van der Waals surface area contributed by atoms with Gasteiger partial charge in [0.1, 0.15) is 11.9 Å². The molecule has 0 bridgehead atoms. The van der Waals surface area contributed by atoms with Crippen molar-refractivity contribution in [2.24, 2.45) is 0 Å². The zero-order valence-corrected chi connectivity index (χ0v) is 17.8. The molecule has 1 fully saturated rings. The van der Waals surface area contributed by atoms with Crippen LogP contribution in [0.4, 0.5) is 5.82 Å². The van der Waals surface area contributed by atoms with Crippen LogP contribution in [0.1, 0.15) is 21.5 Å². The van der Waals surface area contributed by atoms with E-state index in [2.05, 4.69) is 26.2 Å². The van der Waals surface area contributed by atoms with E-state index in [-0.39, 0.29) is 11.5 Å². The fourth-order valence-corrected chi connectivity index (χ4v) is 4.13. The van der Waals surface area contributed by atoms with Crippen molar-refractivity contribution in [1.82, 2.24) is 24.6 Å². The third kappa shape index (κ3) is 4.06. The number of pyridine rings is 1. The number of anilines is 1. The molecule has 1 aliphatic heterocycles. The molecular formula is C24H21N7O2. The predicted octanol–water partition coefficient (Wildman–Crippen LogP) is 2.00. The van der Waals surface area contributed by atoms with Crippen molar-refractivity contribution in [3.8, 4) is 6.07 Å². The first-order valence-electron chi connectivity index (χ1n) is 10.6. The number of H-pyrrole nitrogens is 1. The number of rotatable bonds is 4. The number of piperazine rings is 1. The summed E-state index contributed by atoms with van der Waals surface area (Å²) < 4.78 is 1.95. The Hall–Kier alpha value is -4.45. The molecule has 3 aromatic heterocycles. The standard InChI is InChI=1S/C24H21N7O2/c25-13-18-4-5-22(26-14-18)29-8-10-30(11-9-29)24(33)19-3-1-2-17(12-19)16-31-7-6-20-21(31)15-27-28-23(20)32/h1-7,12,14-15H,8-11,16H2,(H,28,32). The van der Waals surface area contributed by atoms with Crippen LogP contribution < -0.4 is 10.5 Å². The van der Waals surface area contributed by atoms with E-state index >= 15 is 0 Å². The van der Waals surface area contributed by atoms with E-state index in [1.807, 2.05) is 46.0 Å². The predicted molar refractivity (Wildman–Crippen MR) is 123 cm³/mol. The molecule has 1 aliphatic rings. The number of nitrogens with zero attached hydrogens (tertiary/aromatic N) is 6. The van der Waals surface area contributed by atoms with Crippen molar-refractivity contribution < 1.29 is 4.79 Å². The zero-order valence-electron chi connectivity index (χ0n) is 17.8. The van der Waals surface area contributed by atoms with Gasteiger partial charge in [-0.25, -0.2) is 10.1 Å². The second-order valence-electron chi connectivity index (χ2n) is 7.94. The fraction of sp³-hybridized carbons (Fsp3) is 0.208. The molecule has 9 heteroatoms. The maximum Gasteiger partial charge on any atom is 0.273 e. The lowest BCUT2D eigenvalue weighted by molar-refractivity contribution is 0.0746. The monoisotopic (exact) mass is 439 g/mol. The van der Waals surface area contributed by atoms with Crippen LogP contribution in [-0.2, 0) is 6.54 Å². The Morgan fingerprint density at radius 1 is 1.09 bits per heavy atom. The normalized spacial score (nSPS) is 13.8. The molecule has 33 heavy (non-hydrogen) atoms. The van der Waals surface area contributed by atoms with Crippen LogP contribution in [-0.4, -0.2) is 56.7 Å². The molecule has 0 unspecified atom stereocenters. The highest BCUT2D eigenvalue weighted by Gasteiger charge is 2.23. The number of benzene rings is 1. The van der Waals surface area contributed by atoms with Gasteiger partial charge in [-0.05, 0) is 35.9 Å². The van der Waals surface area contributed by atoms with Gasteiger partial charge in [-0.1, -0.05) is 12.1 Å². The van der Waals surface area contributed by atoms with Gasteiger partial charge >= 0.3 is 0 Å². The summed E-state index contributed by atoms with van der Waals surface area (Å²) in [6.07, 6.45) is 5.05. The van der Waals surface area contributed by atoms with E-state index in [0.29, 0.717) is 49.2 Å². The Balaban J connectivity index is 1.27. The minimum absolute atomic E-state index is 0.000220. The number of amides is 1. The molecule has 0 aliphatic carbocycles. The highest BCUT2D eigenvalue weighted by Crippen LogP contribution is 2.18. The average Bonchev–Trinajstić information content (AvgIpc) is 3.28. The summed E-state index contributed by atoms with van der Waals surface area (Å²) in [7, 11) is 0. The maximum absolute atomic E-state index is 13.1. The van der Waals surface area contributed by atoms with Gasteiger partial charge in [-0.2, -0.15) is 10.4 Å². The van der Waals surface area contributed by atoms with Gasteiger partial charge in [0.15, 0.2) is 0 Å². The molecular weight excluding hydrogens is 418 g/mol. The number of hydrogen-bond acceptors (Lipinski definition) is 6. The van der Waals surface area contributed by atoms with Gasteiger partial charge in [-0.3, -0.25) is 9.59 Å². The highest BCUT2D eigenvalue weighted by molar-refractivity contribution is 5.94. The second-order valence-corrected chi connectivity index (χ2v) is 7.94. The number of nitriles is 1. The summed E-state index contributed by atoms with van der Waals surface area (Å²) in [6.45, 7) is 3.10. The number of hydrogen-bond donors (Lipinski definition) is 1. The van der Waals surface area contributed by atoms with Crippen LogP contribution in [0.5, 0.6) is 0 Å². The second kappa shape index (κ2) is 8.59. The number of aromatic nitrogens is 4. The minimum atomic E-state index is -0.217. The smallest absolute Gasteiger partial charge is 0.273 e. The lowest BCUT2D eigenvalue weighted by Crippen LogP contribution is -2.49. The molecule has 5 rings (SSSR count). The lowest BCUT2D eigenvalue weighted by atomic mass is 10.1. The molecule has 164 valence electrons. The first-order chi connectivity index (χ1) is 16.1. The molecule has 1 amide bonds. The SMILES string of the molecule is N#Cc1ccc(N2CCN(C(=O)c3cccc(Cn4ccc5c(=O)[nH]ncc54)c3)CC2)nc1. The van der Waals surface area contributed by atoms with Crippen molar-refractivity contribution in [3.63, 3.8) is 0 Å². The van der Waals surface area contributed by atoms with Gasteiger partial charge in [0.05, 0.1) is 22.7 Å². The molecule has 0 saturated carbocycles. The van der Waals surface area contributed by atoms with Gasteiger partial charge < -0.3 is 14.4 Å². The largest absolute Gasteiger partial charge is 0.353 e. The quantitative estimate of drug-likeness (QED) is 0.521. The number of carbonyl (C=O) groups excluding carboxylic acids is 1.